The number of carbonyl (C=O) groups excluding carboxylic acids is 2. The van der Waals surface area contributed by atoms with E-state index in [2.05, 4.69) is 29.6 Å². The predicted octanol–water partition coefficient (Wildman–Crippen LogP) is 5.48. The first-order valence-electron chi connectivity index (χ1n) is 11.5. The van der Waals surface area contributed by atoms with Crippen LogP contribution in [0.15, 0.2) is 53.4 Å². The molecule has 1 atom stereocenters. The topological polar surface area (TPSA) is 49.4 Å². The van der Waals surface area contributed by atoms with Crippen molar-refractivity contribution in [3.05, 3.63) is 65.5 Å². The molecule has 32 heavy (non-hydrogen) atoms. The monoisotopic (exact) mass is 456 g/mol. The summed E-state index contributed by atoms with van der Waals surface area (Å²) in [5.74, 6) is 0.140. The fourth-order valence-corrected chi connectivity index (χ4v) is 4.81. The Morgan fingerprint density at radius 3 is 2.38 bits per heavy atom. The molecule has 4 nitrogen and oxygen atoms in total. The highest BCUT2D eigenvalue weighted by molar-refractivity contribution is 7.99. The highest BCUT2D eigenvalue weighted by Crippen LogP contribution is 2.21. The lowest BCUT2D eigenvalue weighted by Crippen LogP contribution is -2.50. The molecule has 172 valence electrons. The van der Waals surface area contributed by atoms with Gasteiger partial charge in [0.05, 0.1) is 0 Å². The molecule has 0 spiro atoms. The Balaban J connectivity index is 1.64. The minimum absolute atomic E-state index is 0.0692. The summed E-state index contributed by atoms with van der Waals surface area (Å²) in [4.78, 5) is 28.9. The fourth-order valence-electron chi connectivity index (χ4n) is 3.97. The fraction of sp³-hybridized carbons (Fsp3) is 0.462. The molecule has 2 aromatic rings. The third-order valence-electron chi connectivity index (χ3n) is 5.99. The number of hydrogen-bond acceptors (Lipinski definition) is 3. The van der Waals surface area contributed by atoms with E-state index in [1.807, 2.05) is 6.92 Å². The van der Waals surface area contributed by atoms with Crippen molar-refractivity contribution in [3.8, 4) is 0 Å². The van der Waals surface area contributed by atoms with Crippen molar-refractivity contribution >= 4 is 23.6 Å². The third-order valence-corrected chi connectivity index (χ3v) is 7.00. The zero-order valence-electron chi connectivity index (χ0n) is 19.0. The quantitative estimate of drug-likeness (QED) is 0.508. The van der Waals surface area contributed by atoms with Crippen LogP contribution < -0.4 is 5.32 Å². The number of benzene rings is 2. The van der Waals surface area contributed by atoms with E-state index in [0.29, 0.717) is 12.2 Å². The van der Waals surface area contributed by atoms with E-state index >= 15 is 0 Å². The second kappa shape index (κ2) is 12.0. The van der Waals surface area contributed by atoms with Crippen LogP contribution in [-0.4, -0.2) is 34.6 Å². The van der Waals surface area contributed by atoms with Crippen LogP contribution in [0.25, 0.3) is 0 Å². The van der Waals surface area contributed by atoms with E-state index in [1.54, 1.807) is 35.7 Å². The Bertz CT molecular complexity index is 880. The summed E-state index contributed by atoms with van der Waals surface area (Å²) in [7, 11) is 0. The first kappa shape index (κ1) is 24.3. The summed E-state index contributed by atoms with van der Waals surface area (Å²) >= 11 is 1.63. The molecule has 0 aromatic heterocycles. The minimum Gasteiger partial charge on any atom is -0.352 e. The number of aryl methyl sites for hydroxylation is 1. The summed E-state index contributed by atoms with van der Waals surface area (Å²) in [6.45, 7) is 4.12. The summed E-state index contributed by atoms with van der Waals surface area (Å²) in [5, 5.41) is 3.14. The number of halogens is 1. The van der Waals surface area contributed by atoms with Crippen molar-refractivity contribution < 1.29 is 14.0 Å². The standard InChI is InChI=1S/C26H33FN2O2S/c1-19-8-14-24(15-9-19)32-17-16-25(30)29(18-21-10-12-22(27)13-11-21)20(2)26(31)28-23-6-4-3-5-7-23/h8-15,20,23H,3-7,16-18H2,1-2H3,(H,28,31)/t20-/m0/s1. The summed E-state index contributed by atoms with van der Waals surface area (Å²) in [5.41, 5.74) is 2.01. The Kier molecular flexibility index (Phi) is 9.15. The van der Waals surface area contributed by atoms with E-state index in [4.69, 9.17) is 0 Å². The Labute approximate surface area is 195 Å². The number of nitrogens with one attached hydrogen (secondary N) is 1. The van der Waals surface area contributed by atoms with Gasteiger partial charge in [0.15, 0.2) is 0 Å². The summed E-state index contributed by atoms with van der Waals surface area (Å²) in [6, 6.07) is 14.0. The molecule has 0 unspecified atom stereocenters. The van der Waals surface area contributed by atoms with Gasteiger partial charge in [-0.05, 0) is 56.5 Å². The lowest BCUT2D eigenvalue weighted by atomic mass is 9.95. The summed E-state index contributed by atoms with van der Waals surface area (Å²) < 4.78 is 13.3. The molecule has 2 aromatic carbocycles. The highest BCUT2D eigenvalue weighted by Gasteiger charge is 2.27. The number of carbonyl (C=O) groups is 2. The first-order valence-corrected chi connectivity index (χ1v) is 12.4. The van der Waals surface area contributed by atoms with E-state index in [0.717, 1.165) is 36.1 Å². The molecular weight excluding hydrogens is 423 g/mol. The normalized spacial score (nSPS) is 15.2. The van der Waals surface area contributed by atoms with Crippen LogP contribution in [0, 0.1) is 12.7 Å². The molecule has 0 heterocycles. The first-order chi connectivity index (χ1) is 15.4. The zero-order valence-corrected chi connectivity index (χ0v) is 19.8. The zero-order chi connectivity index (χ0) is 22.9. The maximum Gasteiger partial charge on any atom is 0.242 e. The van der Waals surface area contributed by atoms with Gasteiger partial charge in [-0.1, -0.05) is 49.1 Å². The highest BCUT2D eigenvalue weighted by atomic mass is 32.2. The second-order valence-corrected chi connectivity index (χ2v) is 9.75. The average Bonchev–Trinajstić information content (AvgIpc) is 2.80. The van der Waals surface area contributed by atoms with Gasteiger partial charge in [0.1, 0.15) is 11.9 Å². The molecule has 0 bridgehead atoms. The smallest absolute Gasteiger partial charge is 0.242 e. The van der Waals surface area contributed by atoms with Gasteiger partial charge in [0.25, 0.3) is 0 Å². The molecule has 0 saturated heterocycles. The number of thioether (sulfide) groups is 1. The van der Waals surface area contributed by atoms with Crippen LogP contribution in [0.4, 0.5) is 4.39 Å². The molecule has 1 aliphatic carbocycles. The van der Waals surface area contributed by atoms with Gasteiger partial charge in [-0.25, -0.2) is 4.39 Å². The number of rotatable bonds is 9. The number of amides is 2. The number of hydrogen-bond donors (Lipinski definition) is 1. The van der Waals surface area contributed by atoms with Gasteiger partial charge in [-0.2, -0.15) is 0 Å². The van der Waals surface area contributed by atoms with E-state index in [1.165, 1.54) is 24.1 Å². The maximum atomic E-state index is 13.3. The second-order valence-electron chi connectivity index (χ2n) is 8.58. The van der Waals surface area contributed by atoms with Crippen LogP contribution in [0.5, 0.6) is 0 Å². The van der Waals surface area contributed by atoms with Crippen LogP contribution >= 0.6 is 11.8 Å². The Morgan fingerprint density at radius 1 is 1.06 bits per heavy atom. The lowest BCUT2D eigenvalue weighted by molar-refractivity contribution is -0.140. The van der Waals surface area contributed by atoms with Crippen LogP contribution in [0.2, 0.25) is 0 Å². The van der Waals surface area contributed by atoms with Crippen molar-refractivity contribution in [1.82, 2.24) is 10.2 Å². The van der Waals surface area contributed by atoms with Crippen LogP contribution in [0.3, 0.4) is 0 Å². The Hall–Kier alpha value is -2.34. The molecule has 6 heteroatoms. The minimum atomic E-state index is -0.584. The van der Waals surface area contributed by atoms with Crippen molar-refractivity contribution in [2.24, 2.45) is 0 Å². The largest absolute Gasteiger partial charge is 0.352 e. The van der Waals surface area contributed by atoms with Crippen molar-refractivity contribution in [1.29, 1.82) is 0 Å². The molecule has 0 aliphatic heterocycles. The van der Waals surface area contributed by atoms with Gasteiger partial charge in [-0.15, -0.1) is 11.8 Å². The molecule has 3 rings (SSSR count). The molecule has 1 N–H and O–H groups in total. The Morgan fingerprint density at radius 2 is 1.72 bits per heavy atom. The van der Waals surface area contributed by atoms with E-state index in [-0.39, 0.29) is 30.2 Å². The molecule has 2 amide bonds. The molecule has 1 fully saturated rings. The molecular formula is C26H33FN2O2S. The van der Waals surface area contributed by atoms with Gasteiger partial charge in [0.2, 0.25) is 11.8 Å². The van der Waals surface area contributed by atoms with Gasteiger partial charge >= 0.3 is 0 Å². The SMILES string of the molecule is Cc1ccc(SCCC(=O)N(Cc2ccc(F)cc2)[C@@H](C)C(=O)NC2CCCCC2)cc1. The van der Waals surface area contributed by atoms with Gasteiger partial charge < -0.3 is 10.2 Å². The van der Waals surface area contributed by atoms with E-state index < -0.39 is 6.04 Å². The maximum absolute atomic E-state index is 13.3. The molecule has 1 aliphatic rings. The van der Waals surface area contributed by atoms with Crippen molar-refractivity contribution in [2.45, 2.75) is 75.9 Å². The molecule has 1 saturated carbocycles. The average molecular weight is 457 g/mol. The lowest BCUT2D eigenvalue weighted by Gasteiger charge is -2.31. The molecule has 0 radical (unpaired) electrons. The predicted molar refractivity (Wildman–Crippen MR) is 128 cm³/mol. The summed E-state index contributed by atoms with van der Waals surface area (Å²) in [6.07, 6.45) is 5.81. The third kappa shape index (κ3) is 7.37. The van der Waals surface area contributed by atoms with Crippen LogP contribution in [0.1, 0.15) is 56.6 Å². The van der Waals surface area contributed by atoms with Crippen molar-refractivity contribution in [3.63, 3.8) is 0 Å². The van der Waals surface area contributed by atoms with Gasteiger partial charge in [0, 0.05) is 29.7 Å². The van der Waals surface area contributed by atoms with Crippen LogP contribution in [-0.2, 0) is 16.1 Å². The van der Waals surface area contributed by atoms with Gasteiger partial charge in [-0.3, -0.25) is 9.59 Å². The van der Waals surface area contributed by atoms with E-state index in [9.17, 15) is 14.0 Å². The van der Waals surface area contributed by atoms with Crippen molar-refractivity contribution in [2.75, 3.05) is 5.75 Å². The number of nitrogens with zero attached hydrogens (tertiary/aromatic N) is 1.